The number of nitrogens with one attached hydrogen (secondary N) is 1. The Hall–Kier alpha value is -1.89. The molecule has 1 saturated heterocycles. The quantitative estimate of drug-likeness (QED) is 0.912. The fraction of sp³-hybridized carbons (Fsp3) is 0.611. The number of aromatic nitrogens is 3. The molecule has 4 rings (SSSR count). The first-order valence-electron chi connectivity index (χ1n) is 9.30. The smallest absolute Gasteiger partial charge is 0.317 e. The van der Waals surface area contributed by atoms with E-state index in [2.05, 4.69) is 36.9 Å². The first-order valence-corrected chi connectivity index (χ1v) is 10.2. The van der Waals surface area contributed by atoms with Gasteiger partial charge >= 0.3 is 6.03 Å². The third-order valence-corrected chi connectivity index (χ3v) is 5.95. The number of amides is 2. The lowest BCUT2D eigenvalue weighted by molar-refractivity contribution is 0.193. The van der Waals surface area contributed by atoms with Gasteiger partial charge < -0.3 is 14.8 Å². The van der Waals surface area contributed by atoms with Crippen molar-refractivity contribution < 1.29 is 4.79 Å². The molecule has 2 aliphatic rings. The number of carbonyl (C=O) groups excluding carboxylic acids is 1. The molecule has 2 amide bonds. The summed E-state index contributed by atoms with van der Waals surface area (Å²) in [6.45, 7) is 2.47. The zero-order valence-electron chi connectivity index (χ0n) is 14.5. The van der Waals surface area contributed by atoms with Crippen molar-refractivity contribution in [1.82, 2.24) is 25.0 Å². The second-order valence-corrected chi connectivity index (χ2v) is 7.66. The number of carbonyl (C=O) groups is 1. The summed E-state index contributed by atoms with van der Waals surface area (Å²) in [6.07, 6.45) is 7.56. The van der Waals surface area contributed by atoms with E-state index in [-0.39, 0.29) is 12.1 Å². The van der Waals surface area contributed by atoms with Crippen LogP contribution < -0.4 is 5.32 Å². The average Bonchev–Trinajstić information content (AvgIpc) is 3.33. The van der Waals surface area contributed by atoms with Crippen molar-refractivity contribution in [2.24, 2.45) is 0 Å². The molecule has 1 unspecified atom stereocenters. The van der Waals surface area contributed by atoms with E-state index in [9.17, 15) is 4.79 Å². The maximum absolute atomic E-state index is 12.6. The molecule has 134 valence electrons. The van der Waals surface area contributed by atoms with Crippen molar-refractivity contribution >= 4 is 17.4 Å². The molecule has 2 aromatic rings. The lowest BCUT2D eigenvalue weighted by Gasteiger charge is -2.24. The minimum atomic E-state index is 0.0457. The Morgan fingerprint density at radius 1 is 1.24 bits per heavy atom. The van der Waals surface area contributed by atoms with Crippen LogP contribution in [0.25, 0.3) is 0 Å². The van der Waals surface area contributed by atoms with E-state index in [1.165, 1.54) is 24.8 Å². The molecule has 2 aromatic heterocycles. The van der Waals surface area contributed by atoms with E-state index < -0.39 is 0 Å². The van der Waals surface area contributed by atoms with E-state index in [0.717, 1.165) is 50.4 Å². The minimum Gasteiger partial charge on any atom is -0.338 e. The van der Waals surface area contributed by atoms with Gasteiger partial charge in [0.05, 0.1) is 6.04 Å². The Balaban J connectivity index is 1.33. The van der Waals surface area contributed by atoms with Crippen molar-refractivity contribution in [3.8, 4) is 0 Å². The monoisotopic (exact) mass is 359 g/mol. The van der Waals surface area contributed by atoms with Crippen LogP contribution in [0.1, 0.15) is 55.4 Å². The average molecular weight is 359 g/mol. The number of rotatable bonds is 4. The zero-order valence-corrected chi connectivity index (χ0v) is 15.3. The number of nitrogens with zero attached hydrogens (tertiary/aromatic N) is 4. The van der Waals surface area contributed by atoms with Gasteiger partial charge in [-0.3, -0.25) is 0 Å². The van der Waals surface area contributed by atoms with Crippen LogP contribution in [0.5, 0.6) is 0 Å². The highest BCUT2D eigenvalue weighted by molar-refractivity contribution is 7.07. The molecule has 0 radical (unpaired) electrons. The third kappa shape index (κ3) is 3.56. The summed E-state index contributed by atoms with van der Waals surface area (Å²) >= 11 is 1.69. The van der Waals surface area contributed by atoms with E-state index in [0.29, 0.717) is 6.54 Å². The molecule has 2 aliphatic heterocycles. The molecular weight excluding hydrogens is 334 g/mol. The molecule has 4 heterocycles. The van der Waals surface area contributed by atoms with Gasteiger partial charge in [0.2, 0.25) is 0 Å². The highest BCUT2D eigenvalue weighted by Gasteiger charge is 2.30. The Bertz CT molecular complexity index is 711. The van der Waals surface area contributed by atoms with Crippen LogP contribution in [-0.4, -0.2) is 38.8 Å². The van der Waals surface area contributed by atoms with Gasteiger partial charge in [-0.1, -0.05) is 6.42 Å². The molecule has 1 N–H and O–H groups in total. The van der Waals surface area contributed by atoms with Crippen LogP contribution in [0.3, 0.4) is 0 Å². The topological polar surface area (TPSA) is 63.1 Å². The van der Waals surface area contributed by atoms with E-state index in [1.807, 2.05) is 4.90 Å². The summed E-state index contributed by atoms with van der Waals surface area (Å²) in [7, 11) is 0. The lowest BCUT2D eigenvalue weighted by Crippen LogP contribution is -2.40. The van der Waals surface area contributed by atoms with Crippen LogP contribution >= 0.6 is 11.3 Å². The molecule has 0 saturated carbocycles. The minimum absolute atomic E-state index is 0.0457. The second kappa shape index (κ2) is 7.56. The summed E-state index contributed by atoms with van der Waals surface area (Å²) in [5.74, 6) is 2.11. The van der Waals surface area contributed by atoms with Crippen LogP contribution in [0.2, 0.25) is 0 Å². The van der Waals surface area contributed by atoms with Crippen molar-refractivity contribution in [1.29, 1.82) is 0 Å². The summed E-state index contributed by atoms with van der Waals surface area (Å²) in [4.78, 5) is 14.6. The molecule has 0 aromatic carbocycles. The van der Waals surface area contributed by atoms with Gasteiger partial charge in [0.1, 0.15) is 11.6 Å². The summed E-state index contributed by atoms with van der Waals surface area (Å²) in [5.41, 5.74) is 1.26. The van der Waals surface area contributed by atoms with E-state index >= 15 is 0 Å². The van der Waals surface area contributed by atoms with Gasteiger partial charge in [-0.2, -0.15) is 11.3 Å². The van der Waals surface area contributed by atoms with Gasteiger partial charge in [-0.05, 0) is 48.1 Å². The molecular formula is C18H25N5OS. The molecule has 25 heavy (non-hydrogen) atoms. The predicted octanol–water partition coefficient (Wildman–Crippen LogP) is 3.16. The Kier molecular flexibility index (Phi) is 5.01. The maximum Gasteiger partial charge on any atom is 0.317 e. The third-order valence-electron chi connectivity index (χ3n) is 5.25. The Labute approximate surface area is 152 Å². The highest BCUT2D eigenvalue weighted by atomic mass is 32.1. The van der Waals surface area contributed by atoms with Gasteiger partial charge in [0.15, 0.2) is 0 Å². The van der Waals surface area contributed by atoms with Crippen LogP contribution in [0, 0.1) is 0 Å². The van der Waals surface area contributed by atoms with Gasteiger partial charge in [0, 0.05) is 32.5 Å². The predicted molar refractivity (Wildman–Crippen MR) is 97.7 cm³/mol. The van der Waals surface area contributed by atoms with Crippen molar-refractivity contribution in [2.75, 3.05) is 13.1 Å². The van der Waals surface area contributed by atoms with Crippen LogP contribution in [0.15, 0.2) is 16.8 Å². The van der Waals surface area contributed by atoms with Gasteiger partial charge in [-0.15, -0.1) is 10.2 Å². The fourth-order valence-electron chi connectivity index (χ4n) is 3.93. The largest absolute Gasteiger partial charge is 0.338 e. The molecule has 0 bridgehead atoms. The van der Waals surface area contributed by atoms with Crippen LogP contribution in [0.4, 0.5) is 4.79 Å². The van der Waals surface area contributed by atoms with Crippen LogP contribution in [-0.2, 0) is 19.4 Å². The maximum atomic E-state index is 12.6. The molecule has 7 heteroatoms. The van der Waals surface area contributed by atoms with E-state index in [1.54, 1.807) is 11.3 Å². The SMILES string of the molecule is O=C(NCCc1nnc2n1CCCCC2)N1CCCC1c1ccsc1. The standard InChI is InChI=1S/C18H25N5OS/c24-18(22-11-4-5-15(22)14-8-12-25-13-14)19-9-7-17-21-20-16-6-2-1-3-10-23(16)17/h8,12-13,15H,1-7,9-11H2,(H,19,24). The first-order chi connectivity index (χ1) is 12.3. The Morgan fingerprint density at radius 3 is 3.08 bits per heavy atom. The second-order valence-electron chi connectivity index (χ2n) is 6.88. The molecule has 0 spiro atoms. The lowest BCUT2D eigenvalue weighted by atomic mass is 10.1. The number of fused-ring (bicyclic) bond motifs is 1. The van der Waals surface area contributed by atoms with Gasteiger partial charge in [-0.25, -0.2) is 4.79 Å². The number of hydrogen-bond donors (Lipinski definition) is 1. The number of aryl methyl sites for hydroxylation is 1. The molecule has 6 nitrogen and oxygen atoms in total. The number of hydrogen-bond acceptors (Lipinski definition) is 4. The van der Waals surface area contributed by atoms with E-state index in [4.69, 9.17) is 0 Å². The summed E-state index contributed by atoms with van der Waals surface area (Å²) < 4.78 is 2.25. The Morgan fingerprint density at radius 2 is 2.20 bits per heavy atom. The van der Waals surface area contributed by atoms with Crippen molar-refractivity contribution in [3.63, 3.8) is 0 Å². The summed E-state index contributed by atoms with van der Waals surface area (Å²) in [5, 5.41) is 16.0. The number of thiophene rings is 1. The first kappa shape index (κ1) is 16.6. The summed E-state index contributed by atoms with van der Waals surface area (Å²) in [6, 6.07) is 2.41. The fourth-order valence-corrected chi connectivity index (χ4v) is 4.64. The van der Waals surface area contributed by atoms with Gasteiger partial charge in [0.25, 0.3) is 0 Å². The van der Waals surface area contributed by atoms with Crippen molar-refractivity contribution in [2.45, 2.75) is 57.5 Å². The zero-order chi connectivity index (χ0) is 17.1. The number of urea groups is 1. The molecule has 0 aliphatic carbocycles. The highest BCUT2D eigenvalue weighted by Crippen LogP contribution is 2.32. The normalized spacial score (nSPS) is 20.3. The molecule has 1 fully saturated rings. The molecule has 1 atom stereocenters. The number of likely N-dealkylation sites (tertiary alicyclic amines) is 1. The van der Waals surface area contributed by atoms with Crippen molar-refractivity contribution in [3.05, 3.63) is 34.0 Å².